The van der Waals surface area contributed by atoms with Gasteiger partial charge in [0.25, 0.3) is 0 Å². The molecule has 1 aliphatic rings. The zero-order chi connectivity index (χ0) is 22.8. The zero-order valence-electron chi connectivity index (χ0n) is 19.8. The first kappa shape index (κ1) is 23.7. The molecule has 0 amide bonds. The highest BCUT2D eigenvalue weighted by Gasteiger charge is 2.11. The molecule has 1 heterocycles. The molecule has 2 aromatic carbocycles. The van der Waals surface area contributed by atoms with Crippen LogP contribution in [0.15, 0.2) is 47.5 Å². The number of aliphatic imine (C=N–C) groups is 1. The summed E-state index contributed by atoms with van der Waals surface area (Å²) < 4.78 is 16.2. The number of methoxy groups -OCH3 is 2. The minimum atomic E-state index is 0.645. The van der Waals surface area contributed by atoms with Crippen molar-refractivity contribution < 1.29 is 14.2 Å². The highest BCUT2D eigenvalue weighted by atomic mass is 16.5. The van der Waals surface area contributed by atoms with Gasteiger partial charge < -0.3 is 29.3 Å². The van der Waals surface area contributed by atoms with Crippen LogP contribution >= 0.6 is 0 Å². The van der Waals surface area contributed by atoms with Gasteiger partial charge in [-0.3, -0.25) is 0 Å². The van der Waals surface area contributed by atoms with Crippen LogP contribution in [0.3, 0.4) is 0 Å². The third-order valence-electron chi connectivity index (χ3n) is 5.60. The smallest absolute Gasteiger partial charge is 0.193 e. The minimum Gasteiger partial charge on any atom is -0.493 e. The predicted molar refractivity (Wildman–Crippen MR) is 130 cm³/mol. The maximum absolute atomic E-state index is 5.44. The Bertz CT molecular complexity index is 864. The van der Waals surface area contributed by atoms with Crippen LogP contribution in [0.4, 0.5) is 5.69 Å². The number of likely N-dealkylation sites (N-methyl/N-ethyl adjacent to an activating group) is 1. The second-order valence-corrected chi connectivity index (χ2v) is 7.80. The van der Waals surface area contributed by atoms with Crippen molar-refractivity contribution in [3.63, 3.8) is 0 Å². The lowest BCUT2D eigenvalue weighted by atomic mass is 10.1. The Morgan fingerprint density at radius 1 is 1.03 bits per heavy atom. The molecule has 32 heavy (non-hydrogen) atoms. The van der Waals surface area contributed by atoms with E-state index in [1.54, 1.807) is 14.2 Å². The Morgan fingerprint density at radius 3 is 2.38 bits per heavy atom. The summed E-state index contributed by atoms with van der Waals surface area (Å²) in [7, 11) is 5.39. The van der Waals surface area contributed by atoms with E-state index < -0.39 is 0 Å². The average Bonchev–Trinajstić information content (AvgIpc) is 2.85. The van der Waals surface area contributed by atoms with Gasteiger partial charge in [-0.05, 0) is 48.7 Å². The lowest BCUT2D eigenvalue weighted by Crippen LogP contribution is -2.40. The number of anilines is 1. The first-order chi connectivity index (χ1) is 15.6. The number of hydrogen-bond donors (Lipinski definition) is 1. The van der Waals surface area contributed by atoms with Crippen LogP contribution in [0.2, 0.25) is 0 Å². The van der Waals surface area contributed by atoms with Crippen molar-refractivity contribution in [3.05, 3.63) is 53.6 Å². The fourth-order valence-electron chi connectivity index (χ4n) is 3.71. The van der Waals surface area contributed by atoms with Crippen molar-refractivity contribution >= 4 is 11.6 Å². The molecule has 0 spiro atoms. The van der Waals surface area contributed by atoms with Crippen LogP contribution in [0.5, 0.6) is 11.5 Å². The lowest BCUT2D eigenvalue weighted by molar-refractivity contribution is 0.122. The predicted octanol–water partition coefficient (Wildman–Crippen LogP) is 3.18. The molecule has 174 valence electrons. The normalized spacial score (nSPS) is 14.2. The summed E-state index contributed by atoms with van der Waals surface area (Å²) in [6.07, 6.45) is 0.884. The van der Waals surface area contributed by atoms with Crippen molar-refractivity contribution in [1.82, 2.24) is 10.2 Å². The van der Waals surface area contributed by atoms with E-state index in [4.69, 9.17) is 19.2 Å². The van der Waals surface area contributed by atoms with Crippen LogP contribution in [0.25, 0.3) is 0 Å². The quantitative estimate of drug-likeness (QED) is 0.477. The van der Waals surface area contributed by atoms with E-state index >= 15 is 0 Å². The number of nitrogens with zero attached hydrogens (tertiary/aromatic N) is 3. The molecular weight excluding hydrogens is 404 g/mol. The summed E-state index contributed by atoms with van der Waals surface area (Å²) in [4.78, 5) is 9.38. The van der Waals surface area contributed by atoms with Crippen LogP contribution in [-0.2, 0) is 17.7 Å². The highest BCUT2D eigenvalue weighted by molar-refractivity contribution is 5.79. The molecule has 0 atom stereocenters. The fraction of sp³-hybridized carbons (Fsp3) is 0.480. The standard InChI is InChI=1S/C25H36N4O3/c1-5-26-25(28(2)13-12-20-8-11-23(30-3)24(18-20)31-4)27-19-21-6-9-22(10-7-21)29-14-16-32-17-15-29/h6-11,18H,5,12-17,19H2,1-4H3,(H,26,27). The summed E-state index contributed by atoms with van der Waals surface area (Å²) in [6.45, 7) is 7.91. The minimum absolute atomic E-state index is 0.645. The van der Waals surface area contributed by atoms with Crippen molar-refractivity contribution in [3.8, 4) is 11.5 Å². The monoisotopic (exact) mass is 440 g/mol. The van der Waals surface area contributed by atoms with Crippen molar-refractivity contribution in [2.75, 3.05) is 65.6 Å². The first-order valence-electron chi connectivity index (χ1n) is 11.3. The first-order valence-corrected chi connectivity index (χ1v) is 11.3. The Kier molecular flexibility index (Phi) is 9.04. The largest absolute Gasteiger partial charge is 0.493 e. The van der Waals surface area contributed by atoms with E-state index in [0.29, 0.717) is 6.54 Å². The summed E-state index contributed by atoms with van der Waals surface area (Å²) in [5.41, 5.74) is 3.65. The second-order valence-electron chi connectivity index (χ2n) is 7.80. The molecule has 1 fully saturated rings. The number of benzene rings is 2. The van der Waals surface area contributed by atoms with Gasteiger partial charge in [0.2, 0.25) is 0 Å². The molecule has 1 saturated heterocycles. The zero-order valence-corrected chi connectivity index (χ0v) is 19.8. The van der Waals surface area contributed by atoms with Crippen LogP contribution in [-0.4, -0.2) is 71.5 Å². The topological polar surface area (TPSA) is 58.6 Å². The third kappa shape index (κ3) is 6.53. The van der Waals surface area contributed by atoms with E-state index in [-0.39, 0.29) is 0 Å². The highest BCUT2D eigenvalue weighted by Crippen LogP contribution is 2.27. The SMILES string of the molecule is CCNC(=NCc1ccc(N2CCOCC2)cc1)N(C)CCc1ccc(OC)c(OC)c1. The third-order valence-corrected chi connectivity index (χ3v) is 5.60. The summed E-state index contributed by atoms with van der Waals surface area (Å²) in [5, 5.41) is 3.40. The number of ether oxygens (including phenoxy) is 3. The van der Waals surface area contributed by atoms with Gasteiger partial charge in [0.1, 0.15) is 0 Å². The van der Waals surface area contributed by atoms with Crippen molar-refractivity contribution in [1.29, 1.82) is 0 Å². The maximum atomic E-state index is 5.44. The average molecular weight is 441 g/mol. The number of morpholine rings is 1. The van der Waals surface area contributed by atoms with Crippen LogP contribution in [0.1, 0.15) is 18.1 Å². The van der Waals surface area contributed by atoms with Gasteiger partial charge >= 0.3 is 0 Å². The Morgan fingerprint density at radius 2 is 1.72 bits per heavy atom. The Labute approximate surface area is 192 Å². The molecule has 0 unspecified atom stereocenters. The van der Waals surface area contributed by atoms with Crippen LogP contribution in [0, 0.1) is 0 Å². The molecule has 0 radical (unpaired) electrons. The van der Waals surface area contributed by atoms with E-state index in [1.165, 1.54) is 16.8 Å². The molecule has 7 heteroatoms. The van der Waals surface area contributed by atoms with Crippen molar-refractivity contribution in [2.24, 2.45) is 4.99 Å². The molecule has 0 bridgehead atoms. The number of guanidine groups is 1. The summed E-state index contributed by atoms with van der Waals surface area (Å²) in [6, 6.07) is 14.8. The van der Waals surface area contributed by atoms with Gasteiger partial charge in [0.05, 0.1) is 34.0 Å². The van der Waals surface area contributed by atoms with Gasteiger partial charge in [-0.15, -0.1) is 0 Å². The molecule has 0 aromatic heterocycles. The van der Waals surface area contributed by atoms with Crippen LogP contribution < -0.4 is 19.7 Å². The number of rotatable bonds is 9. The number of hydrogen-bond acceptors (Lipinski definition) is 5. The molecule has 1 aliphatic heterocycles. The Balaban J connectivity index is 1.58. The fourth-order valence-corrected chi connectivity index (χ4v) is 3.71. The van der Waals surface area contributed by atoms with E-state index in [1.807, 2.05) is 12.1 Å². The second kappa shape index (κ2) is 12.2. The lowest BCUT2D eigenvalue weighted by Gasteiger charge is -2.28. The van der Waals surface area contributed by atoms with E-state index in [2.05, 4.69) is 59.4 Å². The molecular formula is C25H36N4O3. The van der Waals surface area contributed by atoms with Crippen molar-refractivity contribution in [2.45, 2.75) is 19.9 Å². The van der Waals surface area contributed by atoms with Gasteiger partial charge in [0, 0.05) is 38.9 Å². The van der Waals surface area contributed by atoms with Gasteiger partial charge in [-0.2, -0.15) is 0 Å². The molecule has 2 aromatic rings. The van der Waals surface area contributed by atoms with Gasteiger partial charge in [-0.1, -0.05) is 18.2 Å². The van der Waals surface area contributed by atoms with E-state index in [9.17, 15) is 0 Å². The Hall–Kier alpha value is -2.93. The molecule has 7 nitrogen and oxygen atoms in total. The van der Waals surface area contributed by atoms with E-state index in [0.717, 1.165) is 63.3 Å². The van der Waals surface area contributed by atoms with Gasteiger partial charge in [0.15, 0.2) is 17.5 Å². The number of nitrogens with one attached hydrogen (secondary N) is 1. The molecule has 0 aliphatic carbocycles. The summed E-state index contributed by atoms with van der Waals surface area (Å²) in [5.74, 6) is 2.41. The van der Waals surface area contributed by atoms with Gasteiger partial charge in [-0.25, -0.2) is 4.99 Å². The molecule has 1 N–H and O–H groups in total. The molecule has 0 saturated carbocycles. The summed E-state index contributed by atoms with van der Waals surface area (Å²) >= 11 is 0. The maximum Gasteiger partial charge on any atom is 0.193 e. The molecule has 3 rings (SSSR count).